The van der Waals surface area contributed by atoms with E-state index in [9.17, 15) is 8.42 Å². The number of nitrogens with zero attached hydrogens (tertiary/aromatic N) is 1. The number of piperidine rings is 1. The van der Waals surface area contributed by atoms with E-state index in [1.807, 2.05) is 18.2 Å². The zero-order chi connectivity index (χ0) is 14.6. The molecule has 112 valence electrons. The molecule has 3 N–H and O–H groups in total. The van der Waals surface area contributed by atoms with Gasteiger partial charge in [-0.3, -0.25) is 0 Å². The average molecular weight is 318 g/mol. The molecule has 0 aliphatic carbocycles. The molecule has 1 aromatic rings. The largest absolute Gasteiger partial charge is 0.330 e. The number of nitrogens with one attached hydrogen (secondary N) is 1. The molecule has 0 spiro atoms. The Morgan fingerprint density at radius 2 is 1.95 bits per heavy atom. The Hall–Kier alpha value is -0.660. The van der Waals surface area contributed by atoms with Crippen molar-refractivity contribution in [2.75, 3.05) is 19.6 Å². The maximum absolute atomic E-state index is 12.2. The van der Waals surface area contributed by atoms with Gasteiger partial charge in [-0.15, -0.1) is 0 Å². The van der Waals surface area contributed by atoms with Crippen molar-refractivity contribution in [2.24, 2.45) is 11.7 Å². The van der Waals surface area contributed by atoms with Crippen molar-refractivity contribution >= 4 is 21.8 Å². The molecule has 1 aliphatic rings. The second-order valence-corrected chi connectivity index (χ2v) is 7.16. The average Bonchev–Trinajstić information content (AvgIpc) is 2.46. The van der Waals surface area contributed by atoms with Gasteiger partial charge in [0.2, 0.25) is 0 Å². The van der Waals surface area contributed by atoms with E-state index in [0.29, 0.717) is 30.6 Å². The molecule has 0 saturated carbocycles. The summed E-state index contributed by atoms with van der Waals surface area (Å²) in [6.45, 7) is 1.89. The first-order valence-electron chi connectivity index (χ1n) is 6.71. The molecule has 5 nitrogen and oxygen atoms in total. The lowest BCUT2D eigenvalue weighted by Crippen LogP contribution is -2.45. The van der Waals surface area contributed by atoms with Crippen LogP contribution in [0.5, 0.6) is 0 Å². The molecule has 1 saturated heterocycles. The predicted octanol–water partition coefficient (Wildman–Crippen LogP) is 1.35. The van der Waals surface area contributed by atoms with Crippen molar-refractivity contribution < 1.29 is 8.42 Å². The van der Waals surface area contributed by atoms with Gasteiger partial charge in [-0.2, -0.15) is 17.4 Å². The van der Waals surface area contributed by atoms with Gasteiger partial charge in [-0.1, -0.05) is 29.8 Å². The van der Waals surface area contributed by atoms with Gasteiger partial charge in [0.1, 0.15) is 0 Å². The van der Waals surface area contributed by atoms with E-state index in [1.54, 1.807) is 6.07 Å². The Labute approximate surface area is 125 Å². The quantitative estimate of drug-likeness (QED) is 0.860. The van der Waals surface area contributed by atoms with E-state index in [2.05, 4.69) is 4.72 Å². The summed E-state index contributed by atoms with van der Waals surface area (Å²) in [5.41, 5.74) is 6.38. The summed E-state index contributed by atoms with van der Waals surface area (Å²) in [5.74, 6) is 0.435. The van der Waals surface area contributed by atoms with Gasteiger partial charge in [0.15, 0.2) is 0 Å². The fraction of sp³-hybridized carbons (Fsp3) is 0.538. The van der Waals surface area contributed by atoms with E-state index in [-0.39, 0.29) is 6.54 Å². The van der Waals surface area contributed by atoms with Gasteiger partial charge in [0.05, 0.1) is 0 Å². The van der Waals surface area contributed by atoms with Crippen molar-refractivity contribution in [3.05, 3.63) is 34.9 Å². The SMILES string of the molecule is NCC1CCN(S(=O)(=O)NCc2ccccc2Cl)CC1. The van der Waals surface area contributed by atoms with Crippen LogP contribution in [0.2, 0.25) is 5.02 Å². The number of hydrogen-bond acceptors (Lipinski definition) is 3. The highest BCUT2D eigenvalue weighted by Gasteiger charge is 2.27. The molecule has 0 atom stereocenters. The van der Waals surface area contributed by atoms with Crippen LogP contribution in [-0.2, 0) is 16.8 Å². The highest BCUT2D eigenvalue weighted by molar-refractivity contribution is 7.87. The fourth-order valence-electron chi connectivity index (χ4n) is 2.29. The maximum atomic E-state index is 12.2. The van der Waals surface area contributed by atoms with Gasteiger partial charge in [0.25, 0.3) is 10.2 Å². The molecule has 1 heterocycles. The number of hydrogen-bond donors (Lipinski definition) is 2. The van der Waals surface area contributed by atoms with E-state index in [1.165, 1.54) is 4.31 Å². The van der Waals surface area contributed by atoms with Crippen molar-refractivity contribution in [3.63, 3.8) is 0 Å². The minimum absolute atomic E-state index is 0.207. The first-order chi connectivity index (χ1) is 9.53. The summed E-state index contributed by atoms with van der Waals surface area (Å²) in [7, 11) is -3.45. The lowest BCUT2D eigenvalue weighted by atomic mass is 9.99. The molecule has 20 heavy (non-hydrogen) atoms. The third-order valence-electron chi connectivity index (χ3n) is 3.65. The predicted molar refractivity (Wildman–Crippen MR) is 80.6 cm³/mol. The third-order valence-corrected chi connectivity index (χ3v) is 5.57. The van der Waals surface area contributed by atoms with Crippen LogP contribution in [0.1, 0.15) is 18.4 Å². The second kappa shape index (κ2) is 6.87. The number of nitrogens with two attached hydrogens (primary N) is 1. The molecule has 7 heteroatoms. The Morgan fingerprint density at radius 1 is 1.30 bits per heavy atom. The van der Waals surface area contributed by atoms with Gasteiger partial charge in [0, 0.05) is 24.7 Å². The smallest absolute Gasteiger partial charge is 0.279 e. The van der Waals surface area contributed by atoms with Crippen LogP contribution in [0.15, 0.2) is 24.3 Å². The Morgan fingerprint density at radius 3 is 2.55 bits per heavy atom. The molecule has 0 bridgehead atoms. The lowest BCUT2D eigenvalue weighted by Gasteiger charge is -2.30. The molecular formula is C13H20ClN3O2S. The zero-order valence-electron chi connectivity index (χ0n) is 11.3. The summed E-state index contributed by atoms with van der Waals surface area (Å²) >= 11 is 6.01. The number of halogens is 1. The standard InChI is InChI=1S/C13H20ClN3O2S/c14-13-4-2-1-3-12(13)10-16-20(18,19)17-7-5-11(9-15)6-8-17/h1-4,11,16H,5-10,15H2. The van der Waals surface area contributed by atoms with Crippen molar-refractivity contribution in [3.8, 4) is 0 Å². The summed E-state index contributed by atoms with van der Waals surface area (Å²) < 4.78 is 28.5. The summed E-state index contributed by atoms with van der Waals surface area (Å²) in [6.07, 6.45) is 1.65. The van der Waals surface area contributed by atoms with Crippen molar-refractivity contribution in [1.82, 2.24) is 9.03 Å². The minimum atomic E-state index is -3.45. The van der Waals surface area contributed by atoms with Crippen LogP contribution in [-0.4, -0.2) is 32.4 Å². The van der Waals surface area contributed by atoms with Crippen molar-refractivity contribution in [2.45, 2.75) is 19.4 Å². The van der Waals surface area contributed by atoms with Crippen LogP contribution in [0.3, 0.4) is 0 Å². The number of benzene rings is 1. The van der Waals surface area contributed by atoms with E-state index in [4.69, 9.17) is 17.3 Å². The van der Waals surface area contributed by atoms with Gasteiger partial charge < -0.3 is 5.73 Å². The molecule has 1 fully saturated rings. The molecule has 0 unspecified atom stereocenters. The molecule has 0 amide bonds. The Bertz CT molecular complexity index is 542. The topological polar surface area (TPSA) is 75.4 Å². The monoisotopic (exact) mass is 317 g/mol. The van der Waals surface area contributed by atoms with Crippen LogP contribution >= 0.6 is 11.6 Å². The normalized spacial score (nSPS) is 18.3. The van der Waals surface area contributed by atoms with Crippen LogP contribution in [0, 0.1) is 5.92 Å². The zero-order valence-corrected chi connectivity index (χ0v) is 12.8. The third kappa shape index (κ3) is 3.93. The highest BCUT2D eigenvalue weighted by atomic mass is 35.5. The number of rotatable bonds is 5. The summed E-state index contributed by atoms with van der Waals surface area (Å²) in [6, 6.07) is 7.21. The first-order valence-corrected chi connectivity index (χ1v) is 8.53. The van der Waals surface area contributed by atoms with E-state index < -0.39 is 10.2 Å². The van der Waals surface area contributed by atoms with E-state index in [0.717, 1.165) is 18.4 Å². The fourth-order valence-corrected chi connectivity index (χ4v) is 3.70. The van der Waals surface area contributed by atoms with Gasteiger partial charge in [-0.05, 0) is 36.9 Å². The Balaban J connectivity index is 1.93. The van der Waals surface area contributed by atoms with E-state index >= 15 is 0 Å². The molecule has 2 rings (SSSR count). The van der Waals surface area contributed by atoms with Gasteiger partial charge in [-0.25, -0.2) is 0 Å². The lowest BCUT2D eigenvalue weighted by molar-refractivity contribution is 0.275. The minimum Gasteiger partial charge on any atom is -0.330 e. The molecular weight excluding hydrogens is 298 g/mol. The second-order valence-electron chi connectivity index (χ2n) is 5.00. The summed E-state index contributed by atoms with van der Waals surface area (Å²) in [5, 5.41) is 0.567. The molecule has 0 radical (unpaired) electrons. The van der Waals surface area contributed by atoms with Crippen LogP contribution < -0.4 is 10.5 Å². The highest BCUT2D eigenvalue weighted by Crippen LogP contribution is 2.19. The summed E-state index contributed by atoms with van der Waals surface area (Å²) in [4.78, 5) is 0. The molecule has 1 aromatic carbocycles. The molecule has 1 aliphatic heterocycles. The Kier molecular flexibility index (Phi) is 5.40. The van der Waals surface area contributed by atoms with Crippen LogP contribution in [0.25, 0.3) is 0 Å². The van der Waals surface area contributed by atoms with Crippen LogP contribution in [0.4, 0.5) is 0 Å². The van der Waals surface area contributed by atoms with Crippen molar-refractivity contribution in [1.29, 1.82) is 0 Å². The maximum Gasteiger partial charge on any atom is 0.279 e. The molecule has 0 aromatic heterocycles. The first kappa shape index (κ1) is 15.7. The van der Waals surface area contributed by atoms with Gasteiger partial charge >= 0.3 is 0 Å².